The van der Waals surface area contributed by atoms with Gasteiger partial charge in [0.15, 0.2) is 0 Å². The molecule has 0 saturated carbocycles. The SMILES string of the molecule is CC(=O)NC(CS(=O)(=O)O)C1=C=C=C(Cl)C=C1. The molecule has 0 heterocycles. The minimum Gasteiger partial charge on any atom is -0.348 e. The zero-order valence-electron chi connectivity index (χ0n) is 8.90. The highest BCUT2D eigenvalue weighted by Gasteiger charge is 2.21. The third-order valence-corrected chi connectivity index (χ3v) is 2.84. The molecule has 0 aromatic rings. The van der Waals surface area contributed by atoms with E-state index in [4.69, 9.17) is 16.2 Å². The Morgan fingerprint density at radius 2 is 2.18 bits per heavy atom. The van der Waals surface area contributed by atoms with Gasteiger partial charge in [-0.3, -0.25) is 9.35 Å². The Morgan fingerprint density at radius 3 is 2.59 bits per heavy atom. The highest BCUT2D eigenvalue weighted by molar-refractivity contribution is 7.85. The van der Waals surface area contributed by atoms with Crippen LogP contribution in [0.25, 0.3) is 0 Å². The van der Waals surface area contributed by atoms with Gasteiger partial charge in [-0.15, -0.1) is 0 Å². The summed E-state index contributed by atoms with van der Waals surface area (Å²) in [4.78, 5) is 10.9. The molecule has 1 aliphatic carbocycles. The third-order valence-electron chi connectivity index (χ3n) is 1.87. The van der Waals surface area contributed by atoms with Gasteiger partial charge < -0.3 is 5.32 Å². The number of amides is 1. The van der Waals surface area contributed by atoms with Crippen molar-refractivity contribution in [2.45, 2.75) is 13.0 Å². The second-order valence-electron chi connectivity index (χ2n) is 3.39. The van der Waals surface area contributed by atoms with Gasteiger partial charge in [0, 0.05) is 12.5 Å². The summed E-state index contributed by atoms with van der Waals surface area (Å²) >= 11 is 5.61. The molecule has 0 fully saturated rings. The molecule has 1 rings (SSSR count). The Kier molecular flexibility index (Phi) is 4.34. The highest BCUT2D eigenvalue weighted by Crippen LogP contribution is 2.12. The lowest BCUT2D eigenvalue weighted by molar-refractivity contribution is -0.119. The zero-order chi connectivity index (χ0) is 13.1. The fourth-order valence-corrected chi connectivity index (χ4v) is 2.04. The van der Waals surface area contributed by atoms with Gasteiger partial charge in [-0.25, -0.2) is 0 Å². The summed E-state index contributed by atoms with van der Waals surface area (Å²) in [6.07, 6.45) is 3.00. The highest BCUT2D eigenvalue weighted by atomic mass is 35.5. The van der Waals surface area contributed by atoms with Gasteiger partial charge in [0.25, 0.3) is 10.1 Å². The zero-order valence-corrected chi connectivity index (χ0v) is 10.5. The van der Waals surface area contributed by atoms with Crippen molar-refractivity contribution in [3.05, 3.63) is 34.2 Å². The first kappa shape index (κ1) is 13.8. The van der Waals surface area contributed by atoms with Gasteiger partial charge in [-0.1, -0.05) is 17.3 Å². The van der Waals surface area contributed by atoms with Crippen LogP contribution >= 0.6 is 11.6 Å². The minimum atomic E-state index is -4.21. The Bertz CT molecular complexity index is 563. The van der Waals surface area contributed by atoms with E-state index in [1.165, 1.54) is 19.1 Å². The molecule has 0 aromatic heterocycles. The fourth-order valence-electron chi connectivity index (χ4n) is 1.25. The first-order chi connectivity index (χ1) is 7.78. The predicted octanol–water partition coefficient (Wildman–Crippen LogP) is 0.752. The lowest BCUT2D eigenvalue weighted by Crippen LogP contribution is -2.39. The number of allylic oxidation sites excluding steroid dienone is 2. The van der Waals surface area contributed by atoms with E-state index >= 15 is 0 Å². The molecule has 17 heavy (non-hydrogen) atoms. The molecule has 0 bridgehead atoms. The Hall–Kier alpha value is -1.29. The quantitative estimate of drug-likeness (QED) is 0.586. The molecule has 0 radical (unpaired) electrons. The van der Waals surface area contributed by atoms with Crippen molar-refractivity contribution in [2.75, 3.05) is 5.75 Å². The number of hydrogen-bond donors (Lipinski definition) is 2. The first-order valence-corrected chi connectivity index (χ1v) is 6.58. The van der Waals surface area contributed by atoms with Crippen LogP contribution in [-0.2, 0) is 14.9 Å². The molecule has 0 aliphatic heterocycles. The van der Waals surface area contributed by atoms with Crippen molar-refractivity contribution < 1.29 is 17.8 Å². The number of nitrogens with one attached hydrogen (secondary N) is 1. The number of hydrogen-bond acceptors (Lipinski definition) is 3. The molecular weight excluding hydrogens is 266 g/mol. The largest absolute Gasteiger partial charge is 0.348 e. The van der Waals surface area contributed by atoms with E-state index < -0.39 is 27.8 Å². The Balaban J connectivity index is 3.04. The summed E-state index contributed by atoms with van der Waals surface area (Å²) in [5.74, 6) is -1.04. The van der Waals surface area contributed by atoms with E-state index in [2.05, 4.69) is 16.8 Å². The fraction of sp³-hybridized carbons (Fsp3) is 0.300. The van der Waals surface area contributed by atoms with Gasteiger partial charge in [-0.05, 0) is 17.9 Å². The van der Waals surface area contributed by atoms with Crippen LogP contribution in [0.15, 0.2) is 34.2 Å². The van der Waals surface area contributed by atoms with Crippen LogP contribution in [0, 0.1) is 0 Å². The molecule has 1 atom stereocenters. The summed E-state index contributed by atoms with van der Waals surface area (Å²) in [5, 5.41) is 2.72. The molecule has 0 saturated heterocycles. The summed E-state index contributed by atoms with van der Waals surface area (Å²) in [5.41, 5.74) is 5.55. The van der Waals surface area contributed by atoms with Gasteiger partial charge in [-0.2, -0.15) is 8.42 Å². The Labute approximate surface area is 104 Å². The smallest absolute Gasteiger partial charge is 0.267 e. The molecule has 2 N–H and O–H groups in total. The normalized spacial score (nSPS) is 16.2. The monoisotopic (exact) mass is 275 g/mol. The second-order valence-corrected chi connectivity index (χ2v) is 5.29. The van der Waals surface area contributed by atoms with Crippen LogP contribution in [0.1, 0.15) is 6.92 Å². The molecular formula is C10H10ClNO4S. The molecule has 7 heteroatoms. The van der Waals surface area contributed by atoms with E-state index in [-0.39, 0.29) is 0 Å². The van der Waals surface area contributed by atoms with Crippen LogP contribution < -0.4 is 5.32 Å². The van der Waals surface area contributed by atoms with Crippen LogP contribution in [0.3, 0.4) is 0 Å². The van der Waals surface area contributed by atoms with Crippen LogP contribution in [0.4, 0.5) is 0 Å². The number of carbonyl (C=O) groups excluding carboxylic acids is 1. The molecule has 1 amide bonds. The van der Waals surface area contributed by atoms with E-state index in [1.54, 1.807) is 0 Å². The Morgan fingerprint density at radius 1 is 1.53 bits per heavy atom. The average Bonchev–Trinajstić information content (AvgIpc) is 2.14. The maximum absolute atomic E-state index is 10.9. The lowest BCUT2D eigenvalue weighted by Gasteiger charge is -2.16. The summed E-state index contributed by atoms with van der Waals surface area (Å²) in [6.45, 7) is 1.25. The predicted molar refractivity (Wildman–Crippen MR) is 63.1 cm³/mol. The van der Waals surface area contributed by atoms with Gasteiger partial charge in [0.05, 0.1) is 11.1 Å². The number of rotatable bonds is 4. The van der Waals surface area contributed by atoms with Gasteiger partial charge in [0.1, 0.15) is 5.75 Å². The van der Waals surface area contributed by atoms with Crippen LogP contribution in [0.5, 0.6) is 0 Å². The molecule has 1 unspecified atom stereocenters. The standard InChI is InChI=1S/C10H10ClNO4S/c1-7(13)12-10(6-17(14,15)16)8-2-4-9(11)5-3-8/h2,4,10H,6H2,1H3,(H,12,13)(H,14,15,16). The number of halogens is 1. The van der Waals surface area contributed by atoms with Crippen molar-refractivity contribution in [3.63, 3.8) is 0 Å². The first-order valence-electron chi connectivity index (χ1n) is 4.59. The maximum Gasteiger partial charge on any atom is 0.267 e. The molecule has 1 aliphatic rings. The molecule has 5 nitrogen and oxygen atoms in total. The number of carbonyl (C=O) groups is 1. The van der Waals surface area contributed by atoms with Crippen molar-refractivity contribution >= 4 is 27.6 Å². The van der Waals surface area contributed by atoms with Crippen molar-refractivity contribution in [3.8, 4) is 0 Å². The summed E-state index contributed by atoms with van der Waals surface area (Å²) < 4.78 is 30.4. The van der Waals surface area contributed by atoms with Crippen LogP contribution in [-0.4, -0.2) is 30.7 Å². The maximum atomic E-state index is 10.9. The van der Waals surface area contributed by atoms with Crippen molar-refractivity contribution in [1.82, 2.24) is 5.32 Å². The van der Waals surface area contributed by atoms with Gasteiger partial charge >= 0.3 is 0 Å². The van der Waals surface area contributed by atoms with E-state index in [0.717, 1.165) is 0 Å². The summed E-state index contributed by atoms with van der Waals surface area (Å²) in [6, 6.07) is -0.879. The topological polar surface area (TPSA) is 83.5 Å². The molecule has 0 spiro atoms. The van der Waals surface area contributed by atoms with E-state index in [0.29, 0.717) is 10.6 Å². The molecule has 92 valence electrons. The van der Waals surface area contributed by atoms with Gasteiger partial charge in [0.2, 0.25) is 5.91 Å². The van der Waals surface area contributed by atoms with Crippen LogP contribution in [0.2, 0.25) is 0 Å². The van der Waals surface area contributed by atoms with Crippen molar-refractivity contribution in [2.24, 2.45) is 0 Å². The minimum absolute atomic E-state index is 0.321. The average molecular weight is 276 g/mol. The van der Waals surface area contributed by atoms with Crippen molar-refractivity contribution in [1.29, 1.82) is 0 Å². The van der Waals surface area contributed by atoms with E-state index in [9.17, 15) is 13.2 Å². The third kappa shape index (κ3) is 5.04. The molecule has 0 aromatic carbocycles. The van der Waals surface area contributed by atoms with E-state index in [1.807, 2.05) is 0 Å². The summed E-state index contributed by atoms with van der Waals surface area (Å²) in [7, 11) is -4.21. The second kappa shape index (κ2) is 5.36. The lowest BCUT2D eigenvalue weighted by atomic mass is 10.1.